The van der Waals surface area contributed by atoms with Gasteiger partial charge in [0.15, 0.2) is 0 Å². The molecule has 0 spiro atoms. The molecule has 3 nitrogen and oxygen atoms in total. The first-order valence-corrected chi connectivity index (χ1v) is 7.61. The van der Waals surface area contributed by atoms with E-state index in [1.165, 1.54) is 4.70 Å². The molecule has 0 amide bonds. The van der Waals surface area contributed by atoms with Gasteiger partial charge in [-0.3, -0.25) is 9.69 Å². The molecule has 3 rings (SSSR count). The second kappa shape index (κ2) is 5.39. The van der Waals surface area contributed by atoms with Crippen molar-refractivity contribution in [1.29, 1.82) is 0 Å². The number of carbonyl (C=O) groups excluding carboxylic acids is 1. The number of para-hydroxylation sites is 1. The van der Waals surface area contributed by atoms with Crippen molar-refractivity contribution in [2.24, 2.45) is 5.92 Å². The maximum absolute atomic E-state index is 11.5. The first-order chi connectivity index (χ1) is 9.22. The van der Waals surface area contributed by atoms with E-state index < -0.39 is 0 Å². The van der Waals surface area contributed by atoms with Gasteiger partial charge in [-0.1, -0.05) is 12.1 Å². The molecule has 0 saturated carbocycles. The predicted octanol–water partition coefficient (Wildman–Crippen LogP) is 3.10. The second-order valence-electron chi connectivity index (χ2n) is 5.26. The summed E-state index contributed by atoms with van der Waals surface area (Å²) < 4.78 is 1.25. The zero-order chi connectivity index (χ0) is 13.2. The molecule has 1 saturated heterocycles. The number of thiazole rings is 1. The number of aromatic nitrogens is 1. The maximum atomic E-state index is 11.5. The molecule has 0 aliphatic carbocycles. The van der Waals surface area contributed by atoms with Gasteiger partial charge in [-0.05, 0) is 38.4 Å². The number of hydrogen-bond donors (Lipinski definition) is 0. The van der Waals surface area contributed by atoms with Crippen LogP contribution in [0.25, 0.3) is 10.2 Å². The Kier molecular flexibility index (Phi) is 3.62. The van der Waals surface area contributed by atoms with Crippen molar-refractivity contribution in [1.82, 2.24) is 9.88 Å². The molecule has 1 aromatic heterocycles. The Hall–Kier alpha value is -1.26. The lowest BCUT2D eigenvalue weighted by molar-refractivity contribution is -0.122. The van der Waals surface area contributed by atoms with E-state index in [9.17, 15) is 4.79 Å². The van der Waals surface area contributed by atoms with Gasteiger partial charge in [0, 0.05) is 12.5 Å². The van der Waals surface area contributed by atoms with Crippen LogP contribution in [0.15, 0.2) is 24.3 Å². The molecule has 100 valence electrons. The minimum absolute atomic E-state index is 0.225. The quantitative estimate of drug-likeness (QED) is 0.862. The van der Waals surface area contributed by atoms with E-state index >= 15 is 0 Å². The van der Waals surface area contributed by atoms with Crippen LogP contribution in [0, 0.1) is 5.92 Å². The number of fused-ring (bicyclic) bond motifs is 1. The minimum Gasteiger partial charge on any atom is -0.300 e. The van der Waals surface area contributed by atoms with E-state index in [2.05, 4.69) is 28.1 Å². The minimum atomic E-state index is 0.225. The van der Waals surface area contributed by atoms with Crippen LogP contribution < -0.4 is 0 Å². The smallest absolute Gasteiger partial charge is 0.134 e. The zero-order valence-electron chi connectivity index (χ0n) is 11.1. The van der Waals surface area contributed by atoms with Crippen LogP contribution in [0.4, 0.5) is 0 Å². The van der Waals surface area contributed by atoms with E-state index in [0.29, 0.717) is 5.78 Å². The lowest BCUT2D eigenvalue weighted by atomic mass is 9.95. The Morgan fingerprint density at radius 1 is 1.47 bits per heavy atom. The van der Waals surface area contributed by atoms with Crippen molar-refractivity contribution in [2.45, 2.75) is 26.3 Å². The van der Waals surface area contributed by atoms with Gasteiger partial charge in [-0.25, -0.2) is 4.98 Å². The number of likely N-dealkylation sites (tertiary alicyclic amines) is 1. The fourth-order valence-corrected chi connectivity index (χ4v) is 3.72. The first-order valence-electron chi connectivity index (χ1n) is 6.79. The molecule has 1 atom stereocenters. The third-order valence-electron chi connectivity index (χ3n) is 3.78. The van der Waals surface area contributed by atoms with Gasteiger partial charge in [-0.2, -0.15) is 0 Å². The molecule has 19 heavy (non-hydrogen) atoms. The summed E-state index contributed by atoms with van der Waals surface area (Å²) in [5.74, 6) is 0.553. The van der Waals surface area contributed by atoms with E-state index in [4.69, 9.17) is 0 Å². The third kappa shape index (κ3) is 2.85. The summed E-state index contributed by atoms with van der Waals surface area (Å²) in [6, 6.07) is 8.25. The summed E-state index contributed by atoms with van der Waals surface area (Å²) in [5.41, 5.74) is 1.09. The highest BCUT2D eigenvalue weighted by atomic mass is 32.1. The average Bonchev–Trinajstić information content (AvgIpc) is 2.81. The first kappa shape index (κ1) is 12.8. The standard InChI is InChI=1S/C15H18N2OS/c1-11(18)12-5-4-8-17(9-12)10-15-16-13-6-2-3-7-14(13)19-15/h2-3,6-7,12H,4-5,8-10H2,1H3. The van der Waals surface area contributed by atoms with Crippen LogP contribution in [0.5, 0.6) is 0 Å². The van der Waals surface area contributed by atoms with Crippen molar-refractivity contribution in [3.05, 3.63) is 29.3 Å². The van der Waals surface area contributed by atoms with Crippen LogP contribution in [-0.2, 0) is 11.3 Å². The number of benzene rings is 1. The van der Waals surface area contributed by atoms with Crippen molar-refractivity contribution in [3.63, 3.8) is 0 Å². The molecule has 1 aromatic carbocycles. The highest BCUT2D eigenvalue weighted by Gasteiger charge is 2.23. The lowest BCUT2D eigenvalue weighted by Gasteiger charge is -2.30. The highest BCUT2D eigenvalue weighted by molar-refractivity contribution is 7.18. The van der Waals surface area contributed by atoms with Crippen LogP contribution in [0.3, 0.4) is 0 Å². The van der Waals surface area contributed by atoms with Gasteiger partial charge in [0.1, 0.15) is 10.8 Å². The van der Waals surface area contributed by atoms with E-state index in [1.54, 1.807) is 18.3 Å². The molecular weight excluding hydrogens is 256 g/mol. The topological polar surface area (TPSA) is 33.2 Å². The Bertz CT molecular complexity index is 560. The predicted molar refractivity (Wildman–Crippen MR) is 78.3 cm³/mol. The molecule has 0 N–H and O–H groups in total. The van der Waals surface area contributed by atoms with Crippen molar-refractivity contribution < 1.29 is 4.79 Å². The second-order valence-corrected chi connectivity index (χ2v) is 6.38. The number of carbonyl (C=O) groups is 1. The Morgan fingerprint density at radius 2 is 2.32 bits per heavy atom. The average molecular weight is 274 g/mol. The molecule has 4 heteroatoms. The number of nitrogens with zero attached hydrogens (tertiary/aromatic N) is 2. The molecule has 1 unspecified atom stereocenters. The van der Waals surface area contributed by atoms with Gasteiger partial charge in [0.05, 0.1) is 16.8 Å². The van der Waals surface area contributed by atoms with Crippen LogP contribution in [0.2, 0.25) is 0 Å². The van der Waals surface area contributed by atoms with Crippen LogP contribution >= 0.6 is 11.3 Å². The fourth-order valence-electron chi connectivity index (χ4n) is 2.71. The fraction of sp³-hybridized carbons (Fsp3) is 0.467. The molecule has 1 aliphatic heterocycles. The summed E-state index contributed by atoms with van der Waals surface area (Å²) >= 11 is 1.76. The van der Waals surface area contributed by atoms with Gasteiger partial charge < -0.3 is 0 Å². The molecular formula is C15H18N2OS. The van der Waals surface area contributed by atoms with Crippen molar-refractivity contribution in [3.8, 4) is 0 Å². The molecule has 1 fully saturated rings. The number of rotatable bonds is 3. The normalized spacial score (nSPS) is 20.8. The van der Waals surface area contributed by atoms with E-state index in [0.717, 1.165) is 43.0 Å². The molecule has 0 bridgehead atoms. The molecule has 2 heterocycles. The molecule has 2 aromatic rings. The number of ketones is 1. The number of hydrogen-bond acceptors (Lipinski definition) is 4. The zero-order valence-corrected chi connectivity index (χ0v) is 11.9. The van der Waals surface area contributed by atoms with Gasteiger partial charge in [-0.15, -0.1) is 11.3 Å². The van der Waals surface area contributed by atoms with Gasteiger partial charge >= 0.3 is 0 Å². The summed E-state index contributed by atoms with van der Waals surface area (Å²) in [6.45, 7) is 4.57. The van der Waals surface area contributed by atoms with Crippen LogP contribution in [0.1, 0.15) is 24.8 Å². The van der Waals surface area contributed by atoms with E-state index in [1.807, 2.05) is 6.07 Å². The van der Waals surface area contributed by atoms with Crippen molar-refractivity contribution in [2.75, 3.05) is 13.1 Å². The summed E-state index contributed by atoms with van der Waals surface area (Å²) in [6.07, 6.45) is 2.17. The largest absolute Gasteiger partial charge is 0.300 e. The van der Waals surface area contributed by atoms with Gasteiger partial charge in [0.2, 0.25) is 0 Å². The lowest BCUT2D eigenvalue weighted by Crippen LogP contribution is -2.37. The van der Waals surface area contributed by atoms with E-state index in [-0.39, 0.29) is 5.92 Å². The monoisotopic (exact) mass is 274 g/mol. The number of Topliss-reactive ketones (excluding diaryl/α,β-unsaturated/α-hetero) is 1. The summed E-state index contributed by atoms with van der Waals surface area (Å²) in [4.78, 5) is 18.5. The Morgan fingerprint density at radius 3 is 3.11 bits per heavy atom. The maximum Gasteiger partial charge on any atom is 0.134 e. The summed E-state index contributed by atoms with van der Waals surface area (Å²) in [7, 11) is 0. The third-order valence-corrected chi connectivity index (χ3v) is 4.80. The van der Waals surface area contributed by atoms with Crippen molar-refractivity contribution >= 4 is 27.3 Å². The SMILES string of the molecule is CC(=O)C1CCCN(Cc2nc3ccccc3s2)C1. The molecule has 1 aliphatic rings. The van der Waals surface area contributed by atoms with Crippen LogP contribution in [-0.4, -0.2) is 28.8 Å². The number of piperidine rings is 1. The van der Waals surface area contributed by atoms with Gasteiger partial charge in [0.25, 0.3) is 0 Å². The highest BCUT2D eigenvalue weighted by Crippen LogP contribution is 2.25. The Balaban J connectivity index is 1.72. The molecule has 0 radical (unpaired) electrons. The Labute approximate surface area is 117 Å². The summed E-state index contributed by atoms with van der Waals surface area (Å²) in [5, 5.41) is 1.16.